The van der Waals surface area contributed by atoms with Crippen LogP contribution in [-0.2, 0) is 11.4 Å². The third kappa shape index (κ3) is 6.80. The van der Waals surface area contributed by atoms with Crippen LogP contribution in [0.25, 0.3) is 0 Å². The summed E-state index contributed by atoms with van der Waals surface area (Å²) >= 11 is 0. The molecular formula is C28H30F2N2O4. The number of aliphatic hydroxyl groups is 1. The van der Waals surface area contributed by atoms with Gasteiger partial charge in [0.05, 0.1) is 12.8 Å². The molecule has 3 aromatic rings. The van der Waals surface area contributed by atoms with Crippen LogP contribution in [0.3, 0.4) is 0 Å². The number of aryl methyl sites for hydroxylation is 1. The third-order valence-electron chi connectivity index (χ3n) is 6.02. The molecule has 6 nitrogen and oxygen atoms in total. The van der Waals surface area contributed by atoms with Crippen molar-refractivity contribution in [1.82, 2.24) is 4.90 Å². The first-order valence-electron chi connectivity index (χ1n) is 11.8. The number of benzene rings is 3. The van der Waals surface area contributed by atoms with Crippen LogP contribution in [0.5, 0.6) is 11.5 Å². The fourth-order valence-corrected chi connectivity index (χ4v) is 4.12. The molecule has 8 heteroatoms. The van der Waals surface area contributed by atoms with Crippen LogP contribution in [0.2, 0.25) is 0 Å². The first-order chi connectivity index (χ1) is 17.4. The van der Waals surface area contributed by atoms with Gasteiger partial charge in [0.2, 0.25) is 0 Å². The maximum absolute atomic E-state index is 14.4. The van der Waals surface area contributed by atoms with Crippen molar-refractivity contribution in [3.8, 4) is 11.5 Å². The minimum Gasteiger partial charge on any atom is -0.497 e. The standard InChI is InChI=1S/C28H30F2N2O4/c1-19-5-3-4-6-28(19)35-18-23(33)16-32(15-21-7-10-22(29)13-26(21)30)17-25-14-27(31-36-25)20-8-11-24(34-2)12-9-20/h3-13,23,25,33H,14-18H2,1-2H3/t23-,25+/m0/s1. The van der Waals surface area contributed by atoms with E-state index >= 15 is 0 Å². The van der Waals surface area contributed by atoms with Crippen LogP contribution in [0.1, 0.15) is 23.1 Å². The molecule has 0 fully saturated rings. The predicted octanol–water partition coefficient (Wildman–Crippen LogP) is 4.72. The predicted molar refractivity (Wildman–Crippen MR) is 133 cm³/mol. The Morgan fingerprint density at radius 1 is 1.11 bits per heavy atom. The topological polar surface area (TPSA) is 63.5 Å². The van der Waals surface area contributed by atoms with Crippen molar-refractivity contribution in [2.24, 2.45) is 5.16 Å². The highest BCUT2D eigenvalue weighted by Gasteiger charge is 2.26. The Labute approximate surface area is 209 Å². The van der Waals surface area contributed by atoms with Gasteiger partial charge in [0.15, 0.2) is 0 Å². The van der Waals surface area contributed by atoms with Gasteiger partial charge in [0.1, 0.15) is 41.9 Å². The SMILES string of the molecule is COc1ccc(C2=NO[C@@H](CN(Cc3ccc(F)cc3F)C[C@H](O)COc3ccccc3C)C2)cc1. The first-order valence-corrected chi connectivity index (χ1v) is 11.8. The molecule has 3 aromatic carbocycles. The highest BCUT2D eigenvalue weighted by Crippen LogP contribution is 2.22. The van der Waals surface area contributed by atoms with E-state index in [2.05, 4.69) is 5.16 Å². The summed E-state index contributed by atoms with van der Waals surface area (Å²) in [5.41, 5.74) is 3.04. The minimum absolute atomic E-state index is 0.0758. The molecule has 190 valence electrons. The van der Waals surface area contributed by atoms with E-state index in [-0.39, 0.29) is 25.8 Å². The van der Waals surface area contributed by atoms with Crippen molar-refractivity contribution in [2.45, 2.75) is 32.1 Å². The van der Waals surface area contributed by atoms with Crippen molar-refractivity contribution >= 4 is 5.71 Å². The van der Waals surface area contributed by atoms with E-state index in [0.29, 0.717) is 24.3 Å². The van der Waals surface area contributed by atoms with Gasteiger partial charge in [-0.15, -0.1) is 0 Å². The molecule has 0 radical (unpaired) electrons. The molecule has 0 aromatic heterocycles. The smallest absolute Gasteiger partial charge is 0.145 e. The number of rotatable bonds is 11. The number of hydrogen-bond donors (Lipinski definition) is 1. The van der Waals surface area contributed by atoms with Gasteiger partial charge in [-0.05, 0) is 54.4 Å². The number of para-hydroxylation sites is 1. The van der Waals surface area contributed by atoms with E-state index in [4.69, 9.17) is 14.3 Å². The Kier molecular flexibility index (Phi) is 8.51. The van der Waals surface area contributed by atoms with Crippen molar-refractivity contribution < 1.29 is 28.2 Å². The van der Waals surface area contributed by atoms with E-state index in [9.17, 15) is 13.9 Å². The third-order valence-corrected chi connectivity index (χ3v) is 6.02. The van der Waals surface area contributed by atoms with Crippen molar-refractivity contribution in [3.63, 3.8) is 0 Å². The monoisotopic (exact) mass is 496 g/mol. The maximum atomic E-state index is 14.4. The first kappa shape index (κ1) is 25.6. The molecule has 2 atom stereocenters. The average Bonchev–Trinajstić information content (AvgIpc) is 3.33. The molecule has 0 saturated carbocycles. The molecule has 0 amide bonds. The summed E-state index contributed by atoms with van der Waals surface area (Å²) in [7, 11) is 1.61. The Bertz CT molecular complexity index is 1190. The Balaban J connectivity index is 1.40. The lowest BCUT2D eigenvalue weighted by Crippen LogP contribution is -2.40. The summed E-state index contributed by atoms with van der Waals surface area (Å²) in [4.78, 5) is 7.54. The second-order valence-corrected chi connectivity index (χ2v) is 8.86. The molecule has 1 aliphatic heterocycles. The average molecular weight is 497 g/mol. The lowest BCUT2D eigenvalue weighted by molar-refractivity contribution is 0.0209. The van der Waals surface area contributed by atoms with Crippen LogP contribution in [0.4, 0.5) is 8.78 Å². The van der Waals surface area contributed by atoms with E-state index in [1.807, 2.05) is 60.4 Å². The fraction of sp³-hybridized carbons (Fsp3) is 0.321. The molecule has 0 unspecified atom stereocenters. The molecule has 0 saturated heterocycles. The number of methoxy groups -OCH3 is 1. The zero-order chi connectivity index (χ0) is 25.5. The number of oxime groups is 1. The summed E-state index contributed by atoms with van der Waals surface area (Å²) in [5, 5.41) is 15.0. The number of halogens is 2. The lowest BCUT2D eigenvalue weighted by Gasteiger charge is -2.27. The summed E-state index contributed by atoms with van der Waals surface area (Å²) in [6.07, 6.45) is -0.559. The molecule has 0 spiro atoms. The Morgan fingerprint density at radius 3 is 2.61 bits per heavy atom. The Hall–Kier alpha value is -3.49. The van der Waals surface area contributed by atoms with Crippen LogP contribution < -0.4 is 9.47 Å². The van der Waals surface area contributed by atoms with Gasteiger partial charge in [-0.3, -0.25) is 4.90 Å². The number of ether oxygens (including phenoxy) is 2. The minimum atomic E-state index is -0.837. The van der Waals surface area contributed by atoms with Gasteiger partial charge in [-0.25, -0.2) is 8.78 Å². The van der Waals surface area contributed by atoms with E-state index in [0.717, 1.165) is 28.7 Å². The van der Waals surface area contributed by atoms with Crippen LogP contribution in [0.15, 0.2) is 71.9 Å². The van der Waals surface area contributed by atoms with Crippen molar-refractivity contribution in [1.29, 1.82) is 0 Å². The number of aliphatic hydroxyl groups excluding tert-OH is 1. The second kappa shape index (κ2) is 12.0. The quantitative estimate of drug-likeness (QED) is 0.416. The summed E-state index contributed by atoms with van der Waals surface area (Å²) in [5.74, 6) is 0.188. The van der Waals surface area contributed by atoms with Gasteiger partial charge in [0.25, 0.3) is 0 Å². The van der Waals surface area contributed by atoms with Crippen LogP contribution in [-0.4, -0.2) is 54.7 Å². The highest BCUT2D eigenvalue weighted by molar-refractivity contribution is 6.01. The largest absolute Gasteiger partial charge is 0.497 e. The van der Waals surface area contributed by atoms with Gasteiger partial charge in [0, 0.05) is 37.7 Å². The summed E-state index contributed by atoms with van der Waals surface area (Å²) < 4.78 is 38.8. The second-order valence-electron chi connectivity index (χ2n) is 8.86. The van der Waals surface area contributed by atoms with Crippen molar-refractivity contribution in [2.75, 3.05) is 26.8 Å². The normalized spacial score (nSPS) is 15.9. The number of nitrogens with zero attached hydrogens (tertiary/aromatic N) is 2. The van der Waals surface area contributed by atoms with Crippen LogP contribution >= 0.6 is 0 Å². The zero-order valence-corrected chi connectivity index (χ0v) is 20.4. The molecule has 4 rings (SSSR count). The highest BCUT2D eigenvalue weighted by atomic mass is 19.1. The molecule has 1 heterocycles. The Morgan fingerprint density at radius 2 is 1.89 bits per heavy atom. The van der Waals surface area contributed by atoms with E-state index < -0.39 is 17.7 Å². The van der Waals surface area contributed by atoms with Crippen molar-refractivity contribution in [3.05, 3.63) is 95.1 Å². The number of hydrogen-bond acceptors (Lipinski definition) is 6. The zero-order valence-electron chi connectivity index (χ0n) is 20.4. The maximum Gasteiger partial charge on any atom is 0.145 e. The molecule has 1 N–H and O–H groups in total. The van der Waals surface area contributed by atoms with E-state index in [1.165, 1.54) is 12.1 Å². The van der Waals surface area contributed by atoms with Gasteiger partial charge >= 0.3 is 0 Å². The van der Waals surface area contributed by atoms with Gasteiger partial charge in [-0.2, -0.15) is 0 Å². The molecule has 0 aliphatic carbocycles. The summed E-state index contributed by atoms with van der Waals surface area (Å²) in [6.45, 7) is 2.78. The van der Waals surface area contributed by atoms with Gasteiger partial charge in [-0.1, -0.05) is 29.4 Å². The molecular weight excluding hydrogens is 466 g/mol. The molecule has 1 aliphatic rings. The van der Waals surface area contributed by atoms with Gasteiger partial charge < -0.3 is 19.4 Å². The van der Waals surface area contributed by atoms with Crippen LogP contribution in [0, 0.1) is 18.6 Å². The van der Waals surface area contributed by atoms with E-state index in [1.54, 1.807) is 7.11 Å². The summed E-state index contributed by atoms with van der Waals surface area (Å²) in [6, 6.07) is 18.6. The fourth-order valence-electron chi connectivity index (χ4n) is 4.12. The lowest BCUT2D eigenvalue weighted by atomic mass is 10.0. The molecule has 0 bridgehead atoms. The molecule has 36 heavy (non-hydrogen) atoms.